The molecule has 1 aliphatic rings. The van der Waals surface area contributed by atoms with Crippen LogP contribution in [0.3, 0.4) is 0 Å². The summed E-state index contributed by atoms with van der Waals surface area (Å²) in [6, 6.07) is 11.3. The van der Waals surface area contributed by atoms with Crippen LogP contribution in [0.5, 0.6) is 5.88 Å². The molecule has 1 atom stereocenters. The van der Waals surface area contributed by atoms with Crippen molar-refractivity contribution in [3.63, 3.8) is 0 Å². The summed E-state index contributed by atoms with van der Waals surface area (Å²) >= 11 is 0. The number of amides is 2. The molecule has 6 rings (SSSR count). The third-order valence-corrected chi connectivity index (χ3v) is 8.01. The summed E-state index contributed by atoms with van der Waals surface area (Å²) in [6.45, 7) is 2.07. The molecule has 3 aromatic carbocycles. The molecule has 2 heterocycles. The van der Waals surface area contributed by atoms with Gasteiger partial charge in [0.05, 0.1) is 17.8 Å². The summed E-state index contributed by atoms with van der Waals surface area (Å²) in [4.78, 5) is 69.5. The first kappa shape index (κ1) is 29.0. The zero-order valence-electron chi connectivity index (χ0n) is 23.9. The number of carboxylic acids is 1. The number of aromatic nitrogens is 3. The maximum absolute atomic E-state index is 13.4. The highest BCUT2D eigenvalue weighted by Gasteiger charge is 2.29. The Bertz CT molecular complexity index is 2110. The van der Waals surface area contributed by atoms with Gasteiger partial charge in [0, 0.05) is 13.1 Å². The highest BCUT2D eigenvalue weighted by Crippen LogP contribution is 2.35. The van der Waals surface area contributed by atoms with Crippen LogP contribution in [0.4, 0.5) is 11.4 Å². The van der Waals surface area contributed by atoms with Gasteiger partial charge < -0.3 is 31.9 Å². The van der Waals surface area contributed by atoms with Crippen LogP contribution in [-0.4, -0.2) is 42.4 Å². The number of aromatic hydroxyl groups is 1. The van der Waals surface area contributed by atoms with E-state index in [1.165, 1.54) is 12.1 Å². The Hall–Kier alpha value is -6.05. The molecule has 228 valence electrons. The van der Waals surface area contributed by atoms with E-state index in [9.17, 15) is 34.2 Å². The third kappa shape index (κ3) is 5.22. The molecule has 2 aromatic heterocycles. The molecular weight excluding hydrogens is 582 g/mol. The number of hydrogen-bond donors (Lipinski definition) is 6. The fourth-order valence-corrected chi connectivity index (χ4v) is 5.65. The minimum Gasteiger partial charge on any atom is -0.493 e. The number of benzene rings is 2. The van der Waals surface area contributed by atoms with E-state index < -0.39 is 28.6 Å². The van der Waals surface area contributed by atoms with E-state index in [2.05, 4.69) is 25.9 Å². The molecule has 14 heteroatoms. The average molecular weight is 610 g/mol. The number of nitrogens with two attached hydrogens (primary N) is 1. The summed E-state index contributed by atoms with van der Waals surface area (Å²) in [5, 5.41) is 28.4. The highest BCUT2D eigenvalue weighted by molar-refractivity contribution is 5.98. The van der Waals surface area contributed by atoms with E-state index in [1.807, 2.05) is 0 Å². The van der Waals surface area contributed by atoms with Crippen LogP contribution in [0, 0.1) is 6.92 Å². The third-order valence-electron chi connectivity index (χ3n) is 8.01. The fourth-order valence-electron chi connectivity index (χ4n) is 5.65. The van der Waals surface area contributed by atoms with Crippen LogP contribution >= 0.6 is 0 Å². The first-order valence-corrected chi connectivity index (χ1v) is 14.0. The molecular formula is C31H27N7O7. The van der Waals surface area contributed by atoms with E-state index in [-0.39, 0.29) is 59.1 Å². The lowest BCUT2D eigenvalue weighted by Crippen LogP contribution is -2.36. The van der Waals surface area contributed by atoms with Gasteiger partial charge in [0.1, 0.15) is 22.8 Å². The number of nitrogens with one attached hydrogen (secondary N) is 3. The molecule has 0 radical (unpaired) electrons. The molecule has 0 fully saturated rings. The van der Waals surface area contributed by atoms with Crippen molar-refractivity contribution in [1.82, 2.24) is 25.0 Å². The Balaban J connectivity index is 1.18. The number of carboxylic acid groups (broad SMARTS) is 1. The number of carbonyl (C=O) groups is 3. The molecule has 0 saturated heterocycles. The van der Waals surface area contributed by atoms with Crippen molar-refractivity contribution in [2.24, 2.45) is 0 Å². The second-order valence-electron chi connectivity index (χ2n) is 10.8. The molecule has 45 heavy (non-hydrogen) atoms. The Kier molecular flexibility index (Phi) is 7.24. The van der Waals surface area contributed by atoms with Crippen molar-refractivity contribution < 1.29 is 24.6 Å². The van der Waals surface area contributed by atoms with Crippen molar-refractivity contribution in [3.05, 3.63) is 114 Å². The summed E-state index contributed by atoms with van der Waals surface area (Å²) in [6.07, 6.45) is 2.29. The fraction of sp³-hybridized carbons (Fsp3) is 0.194. The predicted octanol–water partition coefficient (Wildman–Crippen LogP) is 1.58. The number of nitrogens with zero attached hydrogens (tertiary/aromatic N) is 3. The van der Waals surface area contributed by atoms with Gasteiger partial charge in [-0.1, -0.05) is 30.3 Å². The molecule has 2 amide bonds. The normalized spacial score (nSPS) is 13.9. The van der Waals surface area contributed by atoms with Crippen LogP contribution in [-0.2, 0) is 19.5 Å². The van der Waals surface area contributed by atoms with Crippen LogP contribution in [0.2, 0.25) is 0 Å². The minimum atomic E-state index is -1.01. The van der Waals surface area contributed by atoms with E-state index in [0.29, 0.717) is 18.4 Å². The number of aromatic carboxylic acids is 1. The minimum absolute atomic E-state index is 0.0512. The first-order chi connectivity index (χ1) is 21.5. The molecule has 0 spiro atoms. The van der Waals surface area contributed by atoms with Gasteiger partial charge in [-0.15, -0.1) is 0 Å². The smallest absolute Gasteiger partial charge is 0.335 e. The SMILES string of the molecule is Cc1c(C(=O)O)ccc2c1CC[C@@H]2NC(=O)c1cc(C(=O)NCc2cccc(CNc3c(N)c(=O)c3=O)c2)n2c(O)cnc2n1. The van der Waals surface area contributed by atoms with E-state index in [0.717, 1.165) is 32.9 Å². The van der Waals surface area contributed by atoms with Gasteiger partial charge in [0.25, 0.3) is 22.7 Å². The maximum Gasteiger partial charge on any atom is 0.335 e. The van der Waals surface area contributed by atoms with E-state index >= 15 is 0 Å². The largest absolute Gasteiger partial charge is 0.493 e. The van der Waals surface area contributed by atoms with E-state index in [4.69, 9.17) is 5.73 Å². The molecule has 5 aromatic rings. The second-order valence-corrected chi connectivity index (χ2v) is 10.8. The monoisotopic (exact) mass is 609 g/mol. The summed E-state index contributed by atoms with van der Waals surface area (Å²) in [5.74, 6) is -2.57. The van der Waals surface area contributed by atoms with Crippen LogP contribution in [0.1, 0.15) is 71.6 Å². The quantitative estimate of drug-likeness (QED) is 0.132. The summed E-state index contributed by atoms with van der Waals surface area (Å²) in [7, 11) is 0. The highest BCUT2D eigenvalue weighted by atomic mass is 16.4. The number of hydrogen-bond acceptors (Lipinski definition) is 10. The van der Waals surface area contributed by atoms with Gasteiger partial charge in [0.2, 0.25) is 11.7 Å². The molecule has 0 bridgehead atoms. The number of imidazole rings is 1. The van der Waals surface area contributed by atoms with Crippen molar-refractivity contribution >= 4 is 34.9 Å². The van der Waals surface area contributed by atoms with Gasteiger partial charge in [-0.25, -0.2) is 19.2 Å². The van der Waals surface area contributed by atoms with Gasteiger partial charge in [-0.05, 0) is 59.7 Å². The Morgan fingerprint density at radius 1 is 1.04 bits per heavy atom. The Morgan fingerprint density at radius 3 is 2.53 bits per heavy atom. The van der Waals surface area contributed by atoms with Crippen molar-refractivity contribution in [2.75, 3.05) is 11.1 Å². The average Bonchev–Trinajstić information content (AvgIpc) is 3.62. The molecule has 0 unspecified atom stereocenters. The summed E-state index contributed by atoms with van der Waals surface area (Å²) < 4.78 is 1.13. The van der Waals surface area contributed by atoms with E-state index in [1.54, 1.807) is 37.3 Å². The number of rotatable bonds is 9. The zero-order valence-corrected chi connectivity index (χ0v) is 23.9. The number of nitrogen functional groups attached to an aromatic ring is 1. The van der Waals surface area contributed by atoms with Gasteiger partial charge >= 0.3 is 5.97 Å². The van der Waals surface area contributed by atoms with Gasteiger partial charge in [0.15, 0.2) is 0 Å². The van der Waals surface area contributed by atoms with Gasteiger partial charge in [-0.2, -0.15) is 0 Å². The van der Waals surface area contributed by atoms with Crippen LogP contribution in [0.25, 0.3) is 5.78 Å². The van der Waals surface area contributed by atoms with Crippen molar-refractivity contribution in [3.8, 4) is 5.88 Å². The molecule has 7 N–H and O–H groups in total. The van der Waals surface area contributed by atoms with Crippen LogP contribution in [0.15, 0.2) is 58.3 Å². The number of carbonyl (C=O) groups excluding carboxylic acids is 2. The second kappa shape index (κ2) is 11.2. The molecule has 0 saturated carbocycles. The van der Waals surface area contributed by atoms with Gasteiger partial charge in [-0.3, -0.25) is 19.2 Å². The number of fused-ring (bicyclic) bond motifs is 2. The topological polar surface area (TPSA) is 218 Å². The first-order valence-electron chi connectivity index (χ1n) is 14.0. The molecule has 14 nitrogen and oxygen atoms in total. The Morgan fingerprint density at radius 2 is 1.80 bits per heavy atom. The molecule has 1 aliphatic carbocycles. The zero-order chi connectivity index (χ0) is 32.0. The number of anilines is 2. The predicted molar refractivity (Wildman–Crippen MR) is 162 cm³/mol. The molecule has 0 aliphatic heterocycles. The van der Waals surface area contributed by atoms with Crippen LogP contribution < -0.4 is 32.5 Å². The lowest BCUT2D eigenvalue weighted by atomic mass is 9.98. The lowest BCUT2D eigenvalue weighted by molar-refractivity contribution is 0.0695. The summed E-state index contributed by atoms with van der Waals surface area (Å²) in [5.41, 5.74) is 8.12. The van der Waals surface area contributed by atoms with Crippen molar-refractivity contribution in [2.45, 2.75) is 38.9 Å². The lowest BCUT2D eigenvalue weighted by Gasteiger charge is -2.16. The standard InChI is InChI=1S/C31H27N7O7/c1-14-17-7-8-20(19(17)6-5-18(14)30(44)45)36-28(42)21-10-22(38-23(39)13-35-31(38)37-21)29(43)34-12-16-4-2-3-15(9-16)11-33-25-24(32)26(40)27(25)41/h2-6,9-10,13,20,33,39H,7-8,11-12,32H2,1H3,(H,34,43)(H,36,42)(H,44,45)/t20-/m0/s1. The Labute approximate surface area is 254 Å². The maximum atomic E-state index is 13.4. The van der Waals surface area contributed by atoms with Crippen molar-refractivity contribution in [1.29, 1.82) is 0 Å².